The van der Waals surface area contributed by atoms with Gasteiger partial charge in [0, 0.05) is 34.0 Å². The number of ether oxygens (including phenoxy) is 2. The number of rotatable bonds is 7. The van der Waals surface area contributed by atoms with Gasteiger partial charge in [-0.25, -0.2) is 0 Å². The van der Waals surface area contributed by atoms with E-state index in [1.807, 2.05) is 42.5 Å². The van der Waals surface area contributed by atoms with Crippen LogP contribution in [0, 0.1) is 0 Å². The Hall–Kier alpha value is -2.07. The second kappa shape index (κ2) is 7.97. The van der Waals surface area contributed by atoms with Crippen molar-refractivity contribution < 1.29 is 14.3 Å². The fraction of sp³-hybridized carbons (Fsp3) is 0.211. The second-order valence-electron chi connectivity index (χ2n) is 5.06. The summed E-state index contributed by atoms with van der Waals surface area (Å²) in [6.07, 6.45) is 2.11. The van der Waals surface area contributed by atoms with E-state index in [-0.39, 0.29) is 11.7 Å². The quantitative estimate of drug-likeness (QED) is 0.504. The summed E-state index contributed by atoms with van der Waals surface area (Å²) in [5.41, 5.74) is 1.59. The molecule has 0 saturated heterocycles. The molecule has 0 aromatic heterocycles. The summed E-state index contributed by atoms with van der Waals surface area (Å²) in [7, 11) is 3.21. The van der Waals surface area contributed by atoms with Crippen molar-refractivity contribution in [3.63, 3.8) is 0 Å². The molecule has 2 rings (SSSR count). The van der Waals surface area contributed by atoms with Crippen LogP contribution in [0.3, 0.4) is 0 Å². The average Bonchev–Trinajstić information content (AvgIpc) is 2.59. The van der Waals surface area contributed by atoms with Gasteiger partial charge in [-0.2, -0.15) is 0 Å². The minimum Gasteiger partial charge on any atom is -0.497 e. The van der Waals surface area contributed by atoms with E-state index in [0.29, 0.717) is 23.5 Å². The lowest BCUT2D eigenvalue weighted by atomic mass is 9.91. The minimum atomic E-state index is -0.129. The molecule has 1 unspecified atom stereocenters. The summed E-state index contributed by atoms with van der Waals surface area (Å²) in [6, 6.07) is 13.0. The summed E-state index contributed by atoms with van der Waals surface area (Å²) < 4.78 is 11.4. The molecule has 1 atom stereocenters. The normalized spacial score (nSPS) is 11.6. The van der Waals surface area contributed by atoms with Crippen LogP contribution in [0.25, 0.3) is 0 Å². The van der Waals surface area contributed by atoms with E-state index in [1.165, 1.54) is 0 Å². The number of Topliss-reactive ketones (excluding diaryl/α,β-unsaturated/α-hetero) is 1. The number of carbonyl (C=O) groups excluding carboxylic acids is 1. The van der Waals surface area contributed by atoms with Crippen molar-refractivity contribution in [1.82, 2.24) is 0 Å². The monoisotopic (exact) mass is 374 g/mol. The van der Waals surface area contributed by atoms with Crippen molar-refractivity contribution in [3.8, 4) is 11.5 Å². The molecular weight excluding hydrogens is 356 g/mol. The van der Waals surface area contributed by atoms with Crippen molar-refractivity contribution in [1.29, 1.82) is 0 Å². The van der Waals surface area contributed by atoms with Crippen molar-refractivity contribution in [2.75, 3.05) is 14.2 Å². The standard InChI is InChI=1S/C19H19BrO3/c1-4-13(11-18(21)16-7-5-6-8-17(16)20)15-10-9-14(22-2)12-19(15)23-3/h4-10,12-13H,1,11H2,2-3H3. The molecule has 0 spiro atoms. The average molecular weight is 375 g/mol. The van der Waals surface area contributed by atoms with Gasteiger partial charge >= 0.3 is 0 Å². The number of carbonyl (C=O) groups is 1. The van der Waals surface area contributed by atoms with Gasteiger partial charge < -0.3 is 9.47 Å². The van der Waals surface area contributed by atoms with E-state index in [1.54, 1.807) is 20.3 Å². The van der Waals surface area contributed by atoms with Crippen LogP contribution in [0.5, 0.6) is 11.5 Å². The van der Waals surface area contributed by atoms with Crippen molar-refractivity contribution in [3.05, 3.63) is 70.7 Å². The van der Waals surface area contributed by atoms with Gasteiger partial charge in [-0.3, -0.25) is 4.79 Å². The van der Waals surface area contributed by atoms with Gasteiger partial charge in [-0.15, -0.1) is 6.58 Å². The Morgan fingerprint density at radius 2 is 1.96 bits per heavy atom. The van der Waals surface area contributed by atoms with Gasteiger partial charge in [0.05, 0.1) is 14.2 Å². The maximum Gasteiger partial charge on any atom is 0.164 e. The van der Waals surface area contributed by atoms with Gasteiger partial charge in [0.15, 0.2) is 5.78 Å². The molecule has 4 heteroatoms. The Labute approximate surface area is 145 Å². The number of methoxy groups -OCH3 is 2. The van der Waals surface area contributed by atoms with Crippen LogP contribution in [0.15, 0.2) is 59.6 Å². The van der Waals surface area contributed by atoms with Crippen molar-refractivity contribution in [2.24, 2.45) is 0 Å². The molecule has 3 nitrogen and oxygen atoms in total. The van der Waals surface area contributed by atoms with Gasteiger partial charge in [0.25, 0.3) is 0 Å². The van der Waals surface area contributed by atoms with E-state index < -0.39 is 0 Å². The Balaban J connectivity index is 2.29. The summed E-state index contributed by atoms with van der Waals surface area (Å²) in [5, 5.41) is 0. The smallest absolute Gasteiger partial charge is 0.164 e. The highest BCUT2D eigenvalue weighted by molar-refractivity contribution is 9.10. The summed E-state index contributed by atoms with van der Waals surface area (Å²) >= 11 is 3.42. The third-order valence-corrected chi connectivity index (χ3v) is 4.40. The summed E-state index contributed by atoms with van der Waals surface area (Å²) in [6.45, 7) is 3.87. The maximum absolute atomic E-state index is 12.6. The van der Waals surface area contributed by atoms with Gasteiger partial charge in [-0.1, -0.05) is 46.3 Å². The Morgan fingerprint density at radius 3 is 2.57 bits per heavy atom. The fourth-order valence-electron chi connectivity index (χ4n) is 2.44. The zero-order chi connectivity index (χ0) is 16.8. The van der Waals surface area contributed by atoms with E-state index >= 15 is 0 Å². The molecule has 23 heavy (non-hydrogen) atoms. The molecular formula is C19H19BrO3. The first-order valence-electron chi connectivity index (χ1n) is 7.23. The molecule has 0 bridgehead atoms. The summed E-state index contributed by atoms with van der Waals surface area (Å²) in [4.78, 5) is 12.6. The lowest BCUT2D eigenvalue weighted by Crippen LogP contribution is -2.08. The topological polar surface area (TPSA) is 35.5 Å². The highest BCUT2D eigenvalue weighted by Gasteiger charge is 2.19. The molecule has 0 aliphatic rings. The first-order valence-corrected chi connectivity index (χ1v) is 8.02. The molecule has 0 aliphatic carbocycles. The Morgan fingerprint density at radius 1 is 1.22 bits per heavy atom. The molecule has 0 fully saturated rings. The number of hydrogen-bond acceptors (Lipinski definition) is 3. The molecule has 0 amide bonds. The second-order valence-corrected chi connectivity index (χ2v) is 5.91. The van der Waals surface area contributed by atoms with Crippen molar-refractivity contribution in [2.45, 2.75) is 12.3 Å². The maximum atomic E-state index is 12.6. The van der Waals surface area contributed by atoms with Crippen LogP contribution >= 0.6 is 15.9 Å². The molecule has 2 aromatic rings. The molecule has 0 saturated carbocycles. The zero-order valence-electron chi connectivity index (χ0n) is 13.2. The zero-order valence-corrected chi connectivity index (χ0v) is 14.8. The molecule has 120 valence electrons. The van der Waals surface area contributed by atoms with E-state index in [4.69, 9.17) is 9.47 Å². The fourth-order valence-corrected chi connectivity index (χ4v) is 2.95. The van der Waals surface area contributed by atoms with Crippen LogP contribution in [0.1, 0.15) is 28.3 Å². The number of benzene rings is 2. The molecule has 0 aliphatic heterocycles. The highest BCUT2D eigenvalue weighted by atomic mass is 79.9. The third kappa shape index (κ3) is 4.02. The number of allylic oxidation sites excluding steroid dienone is 1. The van der Waals surface area contributed by atoms with Crippen LogP contribution in [0.4, 0.5) is 0 Å². The lowest BCUT2D eigenvalue weighted by Gasteiger charge is -2.17. The van der Waals surface area contributed by atoms with Gasteiger partial charge in [-0.05, 0) is 12.1 Å². The molecule has 2 aromatic carbocycles. The van der Waals surface area contributed by atoms with E-state index in [2.05, 4.69) is 22.5 Å². The SMILES string of the molecule is C=CC(CC(=O)c1ccccc1Br)c1ccc(OC)cc1OC. The molecule has 0 radical (unpaired) electrons. The largest absolute Gasteiger partial charge is 0.497 e. The van der Waals surface area contributed by atoms with Crippen LogP contribution in [0.2, 0.25) is 0 Å². The predicted molar refractivity (Wildman–Crippen MR) is 95.6 cm³/mol. The van der Waals surface area contributed by atoms with Crippen molar-refractivity contribution >= 4 is 21.7 Å². The molecule has 0 heterocycles. The van der Waals surface area contributed by atoms with Gasteiger partial charge in [0.1, 0.15) is 11.5 Å². The minimum absolute atomic E-state index is 0.0558. The van der Waals surface area contributed by atoms with Crippen LogP contribution in [-0.2, 0) is 0 Å². The van der Waals surface area contributed by atoms with Crippen LogP contribution in [-0.4, -0.2) is 20.0 Å². The number of ketones is 1. The first-order chi connectivity index (χ1) is 11.1. The summed E-state index contributed by atoms with van der Waals surface area (Å²) in [5.74, 6) is 1.33. The number of halogens is 1. The Bertz CT molecular complexity index is 710. The highest BCUT2D eigenvalue weighted by Crippen LogP contribution is 2.34. The lowest BCUT2D eigenvalue weighted by molar-refractivity contribution is 0.0977. The van der Waals surface area contributed by atoms with E-state index in [9.17, 15) is 4.79 Å². The third-order valence-electron chi connectivity index (χ3n) is 3.70. The van der Waals surface area contributed by atoms with Gasteiger partial charge in [0.2, 0.25) is 0 Å². The Kier molecular flexibility index (Phi) is 5.99. The number of hydrogen-bond donors (Lipinski definition) is 0. The van der Waals surface area contributed by atoms with Crippen LogP contribution < -0.4 is 9.47 Å². The van der Waals surface area contributed by atoms with E-state index in [0.717, 1.165) is 10.0 Å². The molecule has 0 N–H and O–H groups in total. The predicted octanol–water partition coefficient (Wildman–Crippen LogP) is 5.01. The first kappa shape index (κ1) is 17.3.